The van der Waals surface area contributed by atoms with Gasteiger partial charge in [0, 0.05) is 51.1 Å². The third-order valence-corrected chi connectivity index (χ3v) is 6.58. The van der Waals surface area contributed by atoms with Crippen molar-refractivity contribution >= 4 is 32.2 Å². The van der Waals surface area contributed by atoms with E-state index in [-0.39, 0.29) is 11.7 Å². The molecule has 0 unspecified atom stereocenters. The van der Waals surface area contributed by atoms with Gasteiger partial charge in [0.2, 0.25) is 5.91 Å². The van der Waals surface area contributed by atoms with E-state index in [1.54, 1.807) is 25.1 Å². The monoisotopic (exact) mass is 390 g/mol. The van der Waals surface area contributed by atoms with Gasteiger partial charge < -0.3 is 9.80 Å². The Labute approximate surface area is 162 Å². The van der Waals surface area contributed by atoms with E-state index in [9.17, 15) is 13.2 Å². The maximum Gasteiger partial charge on any atom is 0.222 e. The molecule has 2 rings (SSSR count). The number of amides is 1. The van der Waals surface area contributed by atoms with Crippen LogP contribution in [0.15, 0.2) is 41.3 Å². The Hall–Kier alpha value is -2.08. The van der Waals surface area contributed by atoms with E-state index in [4.69, 9.17) is 0 Å². The van der Waals surface area contributed by atoms with Crippen molar-refractivity contribution in [3.05, 3.63) is 36.4 Å². The number of carbonyl (C=O) groups is 1. The van der Waals surface area contributed by atoms with Crippen LogP contribution in [-0.2, 0) is 14.6 Å². The van der Waals surface area contributed by atoms with Gasteiger partial charge in [0.15, 0.2) is 9.84 Å². The summed E-state index contributed by atoms with van der Waals surface area (Å²) in [6, 6.07) is 11.3. The normalized spacial score (nSPS) is 11.6. The van der Waals surface area contributed by atoms with Gasteiger partial charge in [-0.15, -0.1) is 0 Å². The highest BCUT2D eigenvalue weighted by atomic mass is 32.2. The van der Waals surface area contributed by atoms with Crippen LogP contribution in [0.2, 0.25) is 0 Å². The quantitative estimate of drug-likeness (QED) is 0.613. The molecule has 0 aliphatic carbocycles. The molecule has 1 amide bonds. The number of sulfone groups is 1. The van der Waals surface area contributed by atoms with Crippen molar-refractivity contribution in [2.75, 3.05) is 38.8 Å². The number of nitrogens with zero attached hydrogens (tertiary/aromatic N) is 2. The summed E-state index contributed by atoms with van der Waals surface area (Å²) < 4.78 is 25.8. The number of hydrogen-bond acceptors (Lipinski definition) is 4. The highest BCUT2D eigenvalue weighted by molar-refractivity contribution is 7.91. The molecule has 0 aromatic heterocycles. The molecular weight excluding hydrogens is 360 g/mol. The number of carbonyl (C=O) groups excluding carboxylic acids is 1. The van der Waals surface area contributed by atoms with E-state index < -0.39 is 9.84 Å². The Balaban J connectivity index is 2.03. The van der Waals surface area contributed by atoms with Crippen molar-refractivity contribution in [2.24, 2.45) is 0 Å². The molecule has 0 atom stereocenters. The van der Waals surface area contributed by atoms with E-state index >= 15 is 0 Å². The molecule has 0 saturated heterocycles. The highest BCUT2D eigenvalue weighted by Crippen LogP contribution is 2.31. The predicted octanol–water partition coefficient (Wildman–Crippen LogP) is 3.72. The van der Waals surface area contributed by atoms with Gasteiger partial charge in [0.1, 0.15) is 0 Å². The van der Waals surface area contributed by atoms with Gasteiger partial charge in [0.05, 0.1) is 10.6 Å². The van der Waals surface area contributed by atoms with Gasteiger partial charge >= 0.3 is 0 Å². The summed E-state index contributed by atoms with van der Waals surface area (Å²) in [5.74, 6) is 0.259. The van der Waals surface area contributed by atoms with E-state index in [1.165, 1.54) is 0 Å². The number of benzene rings is 2. The van der Waals surface area contributed by atoms with Crippen LogP contribution < -0.4 is 4.90 Å². The minimum atomic E-state index is -3.34. The fraction of sp³-hybridized carbons (Fsp3) is 0.476. The molecule has 27 heavy (non-hydrogen) atoms. The molecule has 6 heteroatoms. The third-order valence-electron chi connectivity index (χ3n) is 4.73. The maximum absolute atomic E-state index is 12.9. The lowest BCUT2D eigenvalue weighted by molar-refractivity contribution is -0.128. The lowest BCUT2D eigenvalue weighted by Crippen LogP contribution is -2.21. The molecule has 148 valence electrons. The smallest absolute Gasteiger partial charge is 0.222 e. The lowest BCUT2D eigenvalue weighted by atomic mass is 10.1. The summed E-state index contributed by atoms with van der Waals surface area (Å²) in [6.07, 6.45) is 3.62. The van der Waals surface area contributed by atoms with Gasteiger partial charge in [0.25, 0.3) is 0 Å². The maximum atomic E-state index is 12.9. The van der Waals surface area contributed by atoms with Crippen molar-refractivity contribution in [3.63, 3.8) is 0 Å². The second kappa shape index (κ2) is 9.22. The Kier molecular flexibility index (Phi) is 7.25. The second-order valence-electron chi connectivity index (χ2n) is 7.29. The summed E-state index contributed by atoms with van der Waals surface area (Å²) in [5.41, 5.74) is 1.01. The molecule has 0 saturated carbocycles. The molecule has 0 N–H and O–H groups in total. The largest absolute Gasteiger partial charge is 0.377 e. The Morgan fingerprint density at radius 3 is 2.15 bits per heavy atom. The third kappa shape index (κ3) is 5.45. The molecule has 2 aromatic carbocycles. The van der Waals surface area contributed by atoms with Crippen molar-refractivity contribution in [2.45, 2.75) is 37.0 Å². The summed E-state index contributed by atoms with van der Waals surface area (Å²) in [5, 5.41) is 1.73. The van der Waals surface area contributed by atoms with Crippen LogP contribution in [0.1, 0.15) is 32.1 Å². The molecule has 0 heterocycles. The molecule has 0 bridgehead atoms. The summed E-state index contributed by atoms with van der Waals surface area (Å²) in [7, 11) is 4.07. The summed E-state index contributed by atoms with van der Waals surface area (Å²) >= 11 is 0. The van der Waals surface area contributed by atoms with E-state index in [1.807, 2.05) is 49.3 Å². The van der Waals surface area contributed by atoms with Crippen LogP contribution in [0.25, 0.3) is 10.8 Å². The van der Waals surface area contributed by atoms with Gasteiger partial charge in [-0.05, 0) is 25.0 Å². The molecule has 0 fully saturated rings. The molecule has 0 spiro atoms. The Bertz CT molecular complexity index is 889. The van der Waals surface area contributed by atoms with Crippen LogP contribution in [-0.4, -0.2) is 53.2 Å². The van der Waals surface area contributed by atoms with Crippen LogP contribution in [0, 0.1) is 0 Å². The first-order valence-corrected chi connectivity index (χ1v) is 11.0. The summed E-state index contributed by atoms with van der Waals surface area (Å²) in [6.45, 7) is 0. The average molecular weight is 391 g/mol. The van der Waals surface area contributed by atoms with Gasteiger partial charge in [-0.2, -0.15) is 0 Å². The van der Waals surface area contributed by atoms with Crippen molar-refractivity contribution in [1.29, 1.82) is 0 Å². The summed E-state index contributed by atoms with van der Waals surface area (Å²) in [4.78, 5) is 15.5. The first-order valence-electron chi connectivity index (χ1n) is 9.36. The zero-order chi connectivity index (χ0) is 20.0. The van der Waals surface area contributed by atoms with Crippen LogP contribution in [0.5, 0.6) is 0 Å². The number of hydrogen-bond donors (Lipinski definition) is 0. The van der Waals surface area contributed by atoms with Crippen LogP contribution in [0.4, 0.5) is 5.69 Å². The number of anilines is 1. The second-order valence-corrected chi connectivity index (χ2v) is 9.37. The zero-order valence-corrected chi connectivity index (χ0v) is 17.6. The van der Waals surface area contributed by atoms with Crippen molar-refractivity contribution in [1.82, 2.24) is 4.90 Å². The Morgan fingerprint density at radius 1 is 0.852 bits per heavy atom. The van der Waals surface area contributed by atoms with Crippen LogP contribution >= 0.6 is 0 Å². The molecule has 0 aliphatic rings. The predicted molar refractivity (Wildman–Crippen MR) is 112 cm³/mol. The molecule has 5 nitrogen and oxygen atoms in total. The molecule has 0 aliphatic heterocycles. The number of rotatable bonds is 9. The van der Waals surface area contributed by atoms with Gasteiger partial charge in [-0.3, -0.25) is 4.79 Å². The minimum absolute atomic E-state index is 0.120. The first kappa shape index (κ1) is 21.2. The number of unbranched alkanes of at least 4 members (excludes halogenated alkanes) is 3. The van der Waals surface area contributed by atoms with Crippen molar-refractivity contribution < 1.29 is 13.2 Å². The minimum Gasteiger partial charge on any atom is -0.377 e. The van der Waals surface area contributed by atoms with Gasteiger partial charge in [-0.25, -0.2) is 8.42 Å². The Morgan fingerprint density at radius 2 is 1.48 bits per heavy atom. The molecular formula is C21H30N2O3S. The van der Waals surface area contributed by atoms with Crippen molar-refractivity contribution in [3.8, 4) is 0 Å². The first-order chi connectivity index (χ1) is 12.7. The fourth-order valence-corrected chi connectivity index (χ4v) is 4.78. The van der Waals surface area contributed by atoms with E-state index in [2.05, 4.69) is 0 Å². The number of fused-ring (bicyclic) bond motifs is 1. The molecule has 0 radical (unpaired) electrons. The van der Waals surface area contributed by atoms with E-state index in [0.29, 0.717) is 17.7 Å². The highest BCUT2D eigenvalue weighted by Gasteiger charge is 2.18. The average Bonchev–Trinajstić information content (AvgIpc) is 2.62. The standard InChI is InChI=1S/C21H30N2O3S/c1-22(2)19-13-9-12-18-17(19)11-10-14-20(18)27(25,26)16-8-6-5-7-15-21(24)23(3)4/h9-14H,5-8,15-16H2,1-4H3. The fourth-order valence-electron chi connectivity index (χ4n) is 3.18. The lowest BCUT2D eigenvalue weighted by Gasteiger charge is -2.17. The van der Waals surface area contributed by atoms with E-state index in [0.717, 1.165) is 35.7 Å². The zero-order valence-electron chi connectivity index (χ0n) is 16.7. The van der Waals surface area contributed by atoms with Gasteiger partial charge in [-0.1, -0.05) is 37.1 Å². The molecule has 2 aromatic rings. The van der Waals surface area contributed by atoms with Crippen LogP contribution in [0.3, 0.4) is 0 Å². The topological polar surface area (TPSA) is 57.7 Å². The SMILES string of the molecule is CN(C)C(=O)CCCCCCS(=O)(=O)c1cccc2c(N(C)C)cccc12.